The zero-order valence-electron chi connectivity index (χ0n) is 19.3. The molecular formula is C26H36O4. The van der Waals surface area contributed by atoms with Crippen LogP contribution in [0.4, 0.5) is 0 Å². The molecule has 0 aromatic heterocycles. The lowest BCUT2D eigenvalue weighted by atomic mass is 9.59. The Labute approximate surface area is 180 Å². The predicted molar refractivity (Wildman–Crippen MR) is 114 cm³/mol. The highest BCUT2D eigenvalue weighted by atomic mass is 16.5. The molecule has 164 valence electrons. The summed E-state index contributed by atoms with van der Waals surface area (Å²) in [5, 5.41) is 0. The van der Waals surface area contributed by atoms with Crippen LogP contribution >= 0.6 is 0 Å². The monoisotopic (exact) mass is 412 g/mol. The lowest BCUT2D eigenvalue weighted by molar-refractivity contribution is -0.143. The van der Waals surface area contributed by atoms with Gasteiger partial charge < -0.3 is 9.47 Å². The Morgan fingerprint density at radius 3 is 1.40 bits per heavy atom. The first-order valence-electron chi connectivity index (χ1n) is 12.0. The van der Waals surface area contributed by atoms with Gasteiger partial charge in [0.1, 0.15) is 11.2 Å². The van der Waals surface area contributed by atoms with Gasteiger partial charge in [-0.1, -0.05) is 26.7 Å². The van der Waals surface area contributed by atoms with Crippen molar-refractivity contribution in [3.63, 3.8) is 0 Å². The average molecular weight is 413 g/mol. The van der Waals surface area contributed by atoms with Crippen LogP contribution in [-0.2, 0) is 19.1 Å². The molecule has 0 spiro atoms. The van der Waals surface area contributed by atoms with Gasteiger partial charge in [-0.25, -0.2) is 0 Å². The van der Waals surface area contributed by atoms with Crippen LogP contribution in [0.15, 0.2) is 22.7 Å². The van der Waals surface area contributed by atoms with Crippen LogP contribution in [0.1, 0.15) is 80.1 Å². The van der Waals surface area contributed by atoms with Crippen LogP contribution in [0.2, 0.25) is 0 Å². The molecule has 6 atom stereocenters. The van der Waals surface area contributed by atoms with E-state index >= 15 is 0 Å². The molecule has 4 heteroatoms. The van der Waals surface area contributed by atoms with Gasteiger partial charge in [0.2, 0.25) is 11.6 Å². The van der Waals surface area contributed by atoms with Crippen molar-refractivity contribution in [1.29, 1.82) is 0 Å². The van der Waals surface area contributed by atoms with Crippen LogP contribution in [0.5, 0.6) is 0 Å². The number of fused-ring (bicyclic) bond motifs is 4. The van der Waals surface area contributed by atoms with Crippen molar-refractivity contribution < 1.29 is 19.1 Å². The Morgan fingerprint density at radius 2 is 1.03 bits per heavy atom. The fourth-order valence-electron chi connectivity index (χ4n) is 7.31. The summed E-state index contributed by atoms with van der Waals surface area (Å²) in [5.41, 5.74) is 0.387. The molecule has 2 fully saturated rings. The summed E-state index contributed by atoms with van der Waals surface area (Å²) in [6.45, 7) is 12.9. The second-order valence-corrected chi connectivity index (χ2v) is 11.8. The maximum absolute atomic E-state index is 13.9. The standard InChI is InChI=1S/C26H36O4/c1-13-7-9-17-15(11-13)19-21(27)24-20(22(28)23(19)29-25(17,3)4)16-12-14(2)8-10-18(16)26(5,6)30-24/h13-18H,7-12H2,1-6H3/t13-,14-,15-,16-,17-,18-/m1/s1. The zero-order valence-corrected chi connectivity index (χ0v) is 19.3. The van der Waals surface area contributed by atoms with Crippen LogP contribution in [0.3, 0.4) is 0 Å². The second kappa shape index (κ2) is 6.46. The molecule has 2 aliphatic heterocycles. The van der Waals surface area contributed by atoms with E-state index in [-0.39, 0.29) is 35.2 Å². The average Bonchev–Trinajstić information content (AvgIpc) is 2.64. The fourth-order valence-corrected chi connectivity index (χ4v) is 7.31. The lowest BCUT2D eigenvalue weighted by Crippen LogP contribution is -2.54. The van der Waals surface area contributed by atoms with Crippen molar-refractivity contribution in [2.45, 2.75) is 91.3 Å². The highest BCUT2D eigenvalue weighted by Crippen LogP contribution is 2.56. The van der Waals surface area contributed by atoms with Gasteiger partial charge in [-0.3, -0.25) is 9.59 Å². The minimum atomic E-state index is -0.425. The van der Waals surface area contributed by atoms with Gasteiger partial charge in [0.25, 0.3) is 0 Å². The third kappa shape index (κ3) is 2.78. The molecule has 2 saturated carbocycles. The van der Waals surface area contributed by atoms with Gasteiger partial charge in [-0.05, 0) is 77.0 Å². The SMILES string of the molecule is C[C@@H]1CC[C@@H]2[C@@H](C1)C1=C(OC2(C)C)C(=O)C2=C(OC(C)(C)[C@@H]3CC[C@@H](C)C[C@@H]23)C1=O. The molecule has 0 aromatic rings. The number of carbonyl (C=O) groups excluding carboxylic acids is 2. The van der Waals surface area contributed by atoms with Crippen molar-refractivity contribution in [2.75, 3.05) is 0 Å². The van der Waals surface area contributed by atoms with Crippen molar-refractivity contribution in [3.05, 3.63) is 22.7 Å². The maximum atomic E-state index is 13.9. The number of allylic oxidation sites excluding steroid dienone is 2. The van der Waals surface area contributed by atoms with Crippen molar-refractivity contribution >= 4 is 11.6 Å². The summed E-state index contributed by atoms with van der Waals surface area (Å²) in [7, 11) is 0. The van der Waals surface area contributed by atoms with Crippen molar-refractivity contribution in [2.24, 2.45) is 35.5 Å². The molecule has 3 aliphatic carbocycles. The molecule has 0 N–H and O–H groups in total. The molecule has 2 heterocycles. The number of carbonyl (C=O) groups is 2. The second-order valence-electron chi connectivity index (χ2n) is 11.8. The van der Waals surface area contributed by atoms with E-state index in [1.165, 1.54) is 0 Å². The Hall–Kier alpha value is -1.58. The molecular weight excluding hydrogens is 376 g/mol. The van der Waals surface area contributed by atoms with Gasteiger partial charge >= 0.3 is 0 Å². The van der Waals surface area contributed by atoms with Gasteiger partial charge in [0, 0.05) is 11.8 Å². The highest BCUT2D eigenvalue weighted by molar-refractivity contribution is 6.24. The van der Waals surface area contributed by atoms with E-state index in [1.54, 1.807) is 0 Å². The van der Waals surface area contributed by atoms with Crippen LogP contribution in [-0.4, -0.2) is 22.8 Å². The first-order chi connectivity index (χ1) is 14.0. The number of ether oxygens (including phenoxy) is 2. The number of ketones is 2. The molecule has 0 unspecified atom stereocenters. The topological polar surface area (TPSA) is 52.6 Å². The molecule has 0 saturated heterocycles. The maximum Gasteiger partial charge on any atom is 0.228 e. The van der Waals surface area contributed by atoms with E-state index in [9.17, 15) is 9.59 Å². The van der Waals surface area contributed by atoms with Gasteiger partial charge in [0.05, 0.1) is 11.1 Å². The summed E-state index contributed by atoms with van der Waals surface area (Å²) < 4.78 is 12.8. The van der Waals surface area contributed by atoms with Gasteiger partial charge in [-0.15, -0.1) is 0 Å². The normalized spacial score (nSPS) is 41.8. The van der Waals surface area contributed by atoms with E-state index in [0.717, 1.165) is 38.5 Å². The zero-order chi connectivity index (χ0) is 21.6. The molecule has 5 rings (SSSR count). The van der Waals surface area contributed by atoms with Gasteiger partial charge in [-0.2, -0.15) is 0 Å². The first-order valence-corrected chi connectivity index (χ1v) is 12.0. The third-order valence-electron chi connectivity index (χ3n) is 8.87. The third-order valence-corrected chi connectivity index (χ3v) is 8.87. The summed E-state index contributed by atoms with van der Waals surface area (Å²) in [6.07, 6.45) is 6.28. The van der Waals surface area contributed by atoms with Crippen molar-refractivity contribution in [1.82, 2.24) is 0 Å². The summed E-state index contributed by atoms with van der Waals surface area (Å²) in [4.78, 5) is 27.8. The molecule has 30 heavy (non-hydrogen) atoms. The van der Waals surface area contributed by atoms with E-state index in [4.69, 9.17) is 9.47 Å². The molecule has 0 amide bonds. The summed E-state index contributed by atoms with van der Waals surface area (Å²) >= 11 is 0. The van der Waals surface area contributed by atoms with Crippen LogP contribution in [0, 0.1) is 35.5 Å². The molecule has 0 bridgehead atoms. The Balaban J connectivity index is 1.63. The summed E-state index contributed by atoms with van der Waals surface area (Å²) in [6, 6.07) is 0. The molecule has 0 radical (unpaired) electrons. The van der Waals surface area contributed by atoms with Crippen LogP contribution < -0.4 is 0 Å². The minimum Gasteiger partial charge on any atom is -0.483 e. The Bertz CT molecular complexity index is 801. The largest absolute Gasteiger partial charge is 0.483 e. The van der Waals surface area contributed by atoms with E-state index in [2.05, 4.69) is 41.5 Å². The highest BCUT2D eigenvalue weighted by Gasteiger charge is 2.58. The molecule has 5 aliphatic rings. The molecule has 0 aromatic carbocycles. The van der Waals surface area contributed by atoms with E-state index < -0.39 is 11.2 Å². The summed E-state index contributed by atoms with van der Waals surface area (Å²) in [5.74, 6) is 2.39. The molecule has 4 nitrogen and oxygen atoms in total. The Kier molecular flexibility index (Phi) is 4.38. The number of hydrogen-bond acceptors (Lipinski definition) is 4. The fraction of sp³-hybridized carbons (Fsp3) is 0.769. The number of hydrogen-bond donors (Lipinski definition) is 0. The Morgan fingerprint density at radius 1 is 0.667 bits per heavy atom. The number of Topliss-reactive ketones (excluding diaryl/α,β-unsaturated/α-hetero) is 2. The minimum absolute atomic E-state index is 0.0658. The smallest absolute Gasteiger partial charge is 0.228 e. The predicted octanol–water partition coefficient (Wildman–Crippen LogP) is 5.37. The van der Waals surface area contributed by atoms with Gasteiger partial charge in [0.15, 0.2) is 11.5 Å². The first kappa shape index (κ1) is 20.3. The van der Waals surface area contributed by atoms with E-state index in [1.807, 2.05) is 0 Å². The lowest BCUT2D eigenvalue weighted by Gasteiger charge is -2.53. The van der Waals surface area contributed by atoms with Crippen LogP contribution in [0.25, 0.3) is 0 Å². The van der Waals surface area contributed by atoms with Crippen molar-refractivity contribution in [3.8, 4) is 0 Å². The quantitative estimate of drug-likeness (QED) is 0.502. The number of rotatable bonds is 0. The van der Waals surface area contributed by atoms with E-state index in [0.29, 0.717) is 34.5 Å².